The third kappa shape index (κ3) is 4.79. The van der Waals surface area contributed by atoms with E-state index in [-0.39, 0.29) is 11.7 Å². The molecule has 2 aromatic heterocycles. The average molecular weight is 383 g/mol. The Labute approximate surface area is 161 Å². The summed E-state index contributed by atoms with van der Waals surface area (Å²) in [5.74, 6) is 0. The molecule has 0 bridgehead atoms. The Kier molecular flexibility index (Phi) is 5.36. The van der Waals surface area contributed by atoms with Crippen LogP contribution in [-0.2, 0) is 12.1 Å². The van der Waals surface area contributed by atoms with Crippen molar-refractivity contribution in [1.82, 2.24) is 19.9 Å². The largest absolute Gasteiger partial charge is 0.347 e. The second kappa shape index (κ2) is 7.71. The van der Waals surface area contributed by atoms with Crippen molar-refractivity contribution in [1.29, 1.82) is 0 Å². The summed E-state index contributed by atoms with van der Waals surface area (Å²) in [5, 5.41) is 6.63. The van der Waals surface area contributed by atoms with Gasteiger partial charge < -0.3 is 10.6 Å². The number of nitrogens with zero attached hydrogens (tertiary/aromatic N) is 3. The summed E-state index contributed by atoms with van der Waals surface area (Å²) in [6.45, 7) is 6.19. The van der Waals surface area contributed by atoms with E-state index >= 15 is 0 Å². The summed E-state index contributed by atoms with van der Waals surface area (Å²) < 4.78 is 1.51. The number of thiazole rings is 1. The lowest BCUT2D eigenvalue weighted by molar-refractivity contribution is 0.242. The summed E-state index contributed by atoms with van der Waals surface area (Å²) in [7, 11) is 0. The molecule has 140 valence electrons. The van der Waals surface area contributed by atoms with E-state index in [2.05, 4.69) is 20.6 Å². The standard InChI is InChI=1S/C19H21N5O2S/c1-13-11-21-16(27-13)19(2,3)23-17(25)22-15-7-4-6-14(10-15)12-24-9-5-8-20-18(24)26/h4-11H,12H2,1-3H3,(H2,22,23,25). The monoisotopic (exact) mass is 383 g/mol. The molecule has 0 aliphatic rings. The molecule has 3 rings (SSSR count). The second-order valence-electron chi connectivity index (χ2n) is 6.71. The summed E-state index contributed by atoms with van der Waals surface area (Å²) in [6.07, 6.45) is 4.94. The molecule has 0 spiro atoms. The minimum atomic E-state index is -0.580. The Hall–Kier alpha value is -3.00. The normalized spacial score (nSPS) is 11.2. The molecule has 2 heterocycles. The number of carbonyl (C=O) groups excluding carboxylic acids is 1. The number of aromatic nitrogens is 3. The molecule has 0 atom stereocenters. The maximum atomic E-state index is 12.4. The Bertz CT molecular complexity index is 1010. The summed E-state index contributed by atoms with van der Waals surface area (Å²) >= 11 is 1.56. The van der Waals surface area contributed by atoms with E-state index in [0.717, 1.165) is 15.4 Å². The first-order valence-corrected chi connectivity index (χ1v) is 9.27. The van der Waals surface area contributed by atoms with E-state index in [0.29, 0.717) is 12.2 Å². The van der Waals surface area contributed by atoms with E-state index < -0.39 is 5.54 Å². The van der Waals surface area contributed by atoms with Crippen LogP contribution in [0, 0.1) is 6.92 Å². The zero-order valence-electron chi connectivity index (χ0n) is 15.4. The van der Waals surface area contributed by atoms with Gasteiger partial charge in [-0.15, -0.1) is 11.3 Å². The summed E-state index contributed by atoms with van der Waals surface area (Å²) in [6, 6.07) is 8.75. The number of rotatable bonds is 5. The smallest absolute Gasteiger partial charge is 0.326 e. The van der Waals surface area contributed by atoms with Gasteiger partial charge in [-0.1, -0.05) is 12.1 Å². The number of urea groups is 1. The van der Waals surface area contributed by atoms with E-state index in [1.54, 1.807) is 35.9 Å². The van der Waals surface area contributed by atoms with Gasteiger partial charge in [0.15, 0.2) is 0 Å². The van der Waals surface area contributed by atoms with Crippen molar-refractivity contribution in [3.05, 3.63) is 74.9 Å². The Balaban J connectivity index is 1.68. The number of benzene rings is 1. The fraction of sp³-hybridized carbons (Fsp3) is 0.263. The first-order valence-electron chi connectivity index (χ1n) is 8.46. The molecule has 0 aliphatic heterocycles. The first-order chi connectivity index (χ1) is 12.8. The van der Waals surface area contributed by atoms with E-state index in [1.165, 1.54) is 10.8 Å². The van der Waals surface area contributed by atoms with Gasteiger partial charge in [-0.2, -0.15) is 0 Å². The Morgan fingerprint density at radius 2 is 2.07 bits per heavy atom. The van der Waals surface area contributed by atoms with Gasteiger partial charge in [-0.3, -0.25) is 4.57 Å². The number of aryl methyl sites for hydroxylation is 1. The lowest BCUT2D eigenvalue weighted by Gasteiger charge is -2.24. The van der Waals surface area contributed by atoms with Gasteiger partial charge in [0.05, 0.1) is 12.1 Å². The van der Waals surface area contributed by atoms with Gasteiger partial charge in [0, 0.05) is 29.2 Å². The number of nitrogens with one attached hydrogen (secondary N) is 2. The van der Waals surface area contributed by atoms with Gasteiger partial charge >= 0.3 is 11.7 Å². The fourth-order valence-electron chi connectivity index (χ4n) is 2.59. The Morgan fingerprint density at radius 3 is 2.78 bits per heavy atom. The number of hydrogen-bond acceptors (Lipinski definition) is 5. The predicted octanol–water partition coefficient (Wildman–Crippen LogP) is 3.11. The molecule has 8 heteroatoms. The molecule has 0 unspecified atom stereocenters. The third-order valence-electron chi connectivity index (χ3n) is 3.90. The zero-order chi connectivity index (χ0) is 19.4. The molecular weight excluding hydrogens is 362 g/mol. The van der Waals surface area contributed by atoms with Crippen molar-refractivity contribution < 1.29 is 4.79 Å². The van der Waals surface area contributed by atoms with Crippen molar-refractivity contribution in [3.63, 3.8) is 0 Å². The van der Waals surface area contributed by atoms with Crippen molar-refractivity contribution >= 4 is 23.1 Å². The minimum absolute atomic E-state index is 0.311. The molecule has 1 aromatic carbocycles. The number of amides is 2. The zero-order valence-corrected chi connectivity index (χ0v) is 16.2. The minimum Gasteiger partial charge on any atom is -0.326 e. The maximum absolute atomic E-state index is 12.4. The second-order valence-corrected chi connectivity index (χ2v) is 7.95. The quantitative estimate of drug-likeness (QED) is 0.708. The van der Waals surface area contributed by atoms with Gasteiger partial charge in [0.25, 0.3) is 0 Å². The molecule has 0 saturated carbocycles. The van der Waals surface area contributed by atoms with Crippen LogP contribution in [0.4, 0.5) is 10.5 Å². The van der Waals surface area contributed by atoms with Crippen molar-refractivity contribution in [2.24, 2.45) is 0 Å². The molecular formula is C19H21N5O2S. The van der Waals surface area contributed by atoms with Gasteiger partial charge in [-0.25, -0.2) is 19.6 Å². The molecule has 0 aliphatic carbocycles. The van der Waals surface area contributed by atoms with Gasteiger partial charge in [0.2, 0.25) is 0 Å². The lowest BCUT2D eigenvalue weighted by atomic mass is 10.1. The van der Waals surface area contributed by atoms with Crippen LogP contribution >= 0.6 is 11.3 Å². The van der Waals surface area contributed by atoms with E-state index in [9.17, 15) is 9.59 Å². The highest BCUT2D eigenvalue weighted by atomic mass is 32.1. The van der Waals surface area contributed by atoms with Crippen LogP contribution in [0.15, 0.2) is 53.7 Å². The van der Waals surface area contributed by atoms with Gasteiger partial charge in [-0.05, 0) is 44.5 Å². The van der Waals surface area contributed by atoms with E-state index in [1.807, 2.05) is 39.0 Å². The molecule has 0 radical (unpaired) electrons. The molecule has 2 N–H and O–H groups in total. The van der Waals surface area contributed by atoms with Crippen LogP contribution in [0.1, 0.15) is 29.3 Å². The predicted molar refractivity (Wildman–Crippen MR) is 106 cm³/mol. The molecule has 0 fully saturated rings. The lowest BCUT2D eigenvalue weighted by Crippen LogP contribution is -2.43. The van der Waals surface area contributed by atoms with Crippen LogP contribution in [0.3, 0.4) is 0 Å². The molecule has 27 heavy (non-hydrogen) atoms. The topological polar surface area (TPSA) is 88.9 Å². The highest BCUT2D eigenvalue weighted by Crippen LogP contribution is 2.25. The summed E-state index contributed by atoms with van der Waals surface area (Å²) in [4.78, 5) is 33.4. The third-order valence-corrected chi connectivity index (χ3v) is 5.14. The van der Waals surface area contributed by atoms with Crippen LogP contribution < -0.4 is 16.3 Å². The number of carbonyl (C=O) groups is 1. The van der Waals surface area contributed by atoms with Crippen LogP contribution in [0.5, 0.6) is 0 Å². The maximum Gasteiger partial charge on any atom is 0.347 e. The molecule has 7 nitrogen and oxygen atoms in total. The van der Waals surface area contributed by atoms with Crippen molar-refractivity contribution in [2.75, 3.05) is 5.32 Å². The molecule has 3 aromatic rings. The summed E-state index contributed by atoms with van der Waals surface area (Å²) in [5.41, 5.74) is 0.642. The van der Waals surface area contributed by atoms with E-state index in [4.69, 9.17) is 0 Å². The first kappa shape index (κ1) is 18.8. The fourth-order valence-corrected chi connectivity index (χ4v) is 3.42. The van der Waals surface area contributed by atoms with Crippen LogP contribution in [0.25, 0.3) is 0 Å². The number of anilines is 1. The van der Waals surface area contributed by atoms with Crippen molar-refractivity contribution in [2.45, 2.75) is 32.9 Å². The van der Waals surface area contributed by atoms with Gasteiger partial charge in [0.1, 0.15) is 5.01 Å². The van der Waals surface area contributed by atoms with Crippen LogP contribution in [-0.4, -0.2) is 20.6 Å². The molecule has 2 amide bonds. The highest BCUT2D eigenvalue weighted by Gasteiger charge is 2.26. The molecule has 0 saturated heterocycles. The highest BCUT2D eigenvalue weighted by molar-refractivity contribution is 7.11. The SMILES string of the molecule is Cc1cnc(C(C)(C)NC(=O)Nc2cccc(Cn3cccnc3=O)c2)s1. The average Bonchev–Trinajstić information content (AvgIpc) is 3.04. The number of hydrogen-bond donors (Lipinski definition) is 2. The van der Waals surface area contributed by atoms with Crippen LogP contribution in [0.2, 0.25) is 0 Å². The van der Waals surface area contributed by atoms with Crippen molar-refractivity contribution in [3.8, 4) is 0 Å². The Morgan fingerprint density at radius 1 is 1.26 bits per heavy atom.